The summed E-state index contributed by atoms with van der Waals surface area (Å²) >= 11 is 0. The largest absolute Gasteiger partial charge is 0.433 e. The molecule has 0 saturated carbocycles. The molecule has 0 amide bonds. The first-order valence-electron chi connectivity index (χ1n) is 7.39. The Bertz CT molecular complexity index is 1150. The third kappa shape index (κ3) is 2.97. The van der Waals surface area contributed by atoms with Crippen LogP contribution in [0.4, 0.5) is 13.2 Å². The normalized spacial score (nSPS) is 11.5. The van der Waals surface area contributed by atoms with E-state index in [1.165, 1.54) is 7.05 Å². The van der Waals surface area contributed by atoms with Gasteiger partial charge in [-0.25, -0.2) is 9.78 Å². The quantitative estimate of drug-likeness (QED) is 0.700. The first-order valence-corrected chi connectivity index (χ1v) is 7.39. The van der Waals surface area contributed by atoms with Crippen LogP contribution >= 0.6 is 0 Å². The van der Waals surface area contributed by atoms with E-state index in [1.54, 1.807) is 24.3 Å². The van der Waals surface area contributed by atoms with E-state index in [9.17, 15) is 22.8 Å². The summed E-state index contributed by atoms with van der Waals surface area (Å²) in [4.78, 5) is 28.4. The van der Waals surface area contributed by atoms with Crippen LogP contribution < -0.4 is 11.2 Å². The van der Waals surface area contributed by atoms with Crippen LogP contribution in [0.15, 0.2) is 46.0 Å². The van der Waals surface area contributed by atoms with Crippen LogP contribution in [0.2, 0.25) is 0 Å². The molecule has 0 radical (unpaired) electrons. The molecule has 3 aromatic rings. The van der Waals surface area contributed by atoms with Crippen LogP contribution in [0.5, 0.6) is 0 Å². The molecule has 0 bridgehead atoms. The Hall–Kier alpha value is -3.41. The van der Waals surface area contributed by atoms with E-state index in [-0.39, 0.29) is 17.6 Å². The SMILES string of the molecule is Cn1c(=O)n(Cc2ccc(C#N)cc2)c(=O)c2ccc(C(F)(F)F)nc21. The van der Waals surface area contributed by atoms with Gasteiger partial charge in [-0.15, -0.1) is 0 Å². The molecule has 1 aromatic carbocycles. The van der Waals surface area contributed by atoms with E-state index in [1.807, 2.05) is 6.07 Å². The topological polar surface area (TPSA) is 80.7 Å². The first kappa shape index (κ1) is 17.4. The molecule has 2 aromatic heterocycles. The van der Waals surface area contributed by atoms with Gasteiger partial charge in [0.05, 0.1) is 23.6 Å². The van der Waals surface area contributed by atoms with Gasteiger partial charge in [-0.3, -0.25) is 13.9 Å². The third-order valence-electron chi connectivity index (χ3n) is 3.90. The lowest BCUT2D eigenvalue weighted by atomic mass is 10.1. The molecule has 0 saturated heterocycles. The number of benzene rings is 1. The maximum Gasteiger partial charge on any atom is 0.433 e. The van der Waals surface area contributed by atoms with Crippen molar-refractivity contribution in [3.05, 3.63) is 74.1 Å². The second-order valence-corrected chi connectivity index (χ2v) is 5.61. The summed E-state index contributed by atoms with van der Waals surface area (Å²) in [6.45, 7) is -0.0752. The number of alkyl halides is 3. The summed E-state index contributed by atoms with van der Waals surface area (Å²) in [5, 5.41) is 8.71. The Morgan fingerprint density at radius 2 is 1.77 bits per heavy atom. The fourth-order valence-electron chi connectivity index (χ4n) is 2.54. The van der Waals surface area contributed by atoms with Gasteiger partial charge in [-0.05, 0) is 29.8 Å². The average molecular weight is 360 g/mol. The number of halogens is 3. The number of pyridine rings is 1. The van der Waals surface area contributed by atoms with Gasteiger partial charge in [0, 0.05) is 7.05 Å². The van der Waals surface area contributed by atoms with Gasteiger partial charge in [-0.2, -0.15) is 18.4 Å². The number of hydrogen-bond donors (Lipinski definition) is 0. The summed E-state index contributed by atoms with van der Waals surface area (Å²) in [5.41, 5.74) is -1.98. The van der Waals surface area contributed by atoms with Gasteiger partial charge in [0.2, 0.25) is 0 Å². The van der Waals surface area contributed by atoms with Crippen LogP contribution in [0, 0.1) is 11.3 Å². The van der Waals surface area contributed by atoms with Crippen molar-refractivity contribution in [3.8, 4) is 6.07 Å². The molecule has 2 heterocycles. The Kier molecular flexibility index (Phi) is 4.12. The summed E-state index contributed by atoms with van der Waals surface area (Å²) in [6.07, 6.45) is -4.68. The van der Waals surface area contributed by atoms with Crippen molar-refractivity contribution < 1.29 is 13.2 Å². The van der Waals surface area contributed by atoms with Crippen LogP contribution in [0.3, 0.4) is 0 Å². The van der Waals surface area contributed by atoms with Gasteiger partial charge in [-0.1, -0.05) is 12.1 Å². The number of rotatable bonds is 2. The van der Waals surface area contributed by atoms with Gasteiger partial charge in [0.25, 0.3) is 5.56 Å². The zero-order valence-electron chi connectivity index (χ0n) is 13.4. The van der Waals surface area contributed by atoms with Crippen molar-refractivity contribution in [2.45, 2.75) is 12.7 Å². The minimum absolute atomic E-state index is 0.0752. The molecule has 0 N–H and O–H groups in total. The monoisotopic (exact) mass is 360 g/mol. The van der Waals surface area contributed by atoms with E-state index in [4.69, 9.17) is 5.26 Å². The van der Waals surface area contributed by atoms with E-state index in [0.717, 1.165) is 15.2 Å². The van der Waals surface area contributed by atoms with Crippen LogP contribution in [-0.2, 0) is 19.8 Å². The lowest BCUT2D eigenvalue weighted by molar-refractivity contribution is -0.141. The van der Waals surface area contributed by atoms with E-state index < -0.39 is 23.1 Å². The number of hydrogen-bond acceptors (Lipinski definition) is 4. The number of aryl methyl sites for hydroxylation is 1. The zero-order valence-corrected chi connectivity index (χ0v) is 13.4. The van der Waals surface area contributed by atoms with Crippen molar-refractivity contribution in [3.63, 3.8) is 0 Å². The molecule has 3 rings (SSSR count). The Balaban J connectivity index is 2.17. The van der Waals surface area contributed by atoms with Crippen molar-refractivity contribution in [2.75, 3.05) is 0 Å². The van der Waals surface area contributed by atoms with Gasteiger partial charge >= 0.3 is 11.9 Å². The molecule has 0 atom stereocenters. The fourth-order valence-corrected chi connectivity index (χ4v) is 2.54. The third-order valence-corrected chi connectivity index (χ3v) is 3.90. The molecule has 132 valence electrons. The standard InChI is InChI=1S/C17H11F3N4O2/c1-23-14-12(6-7-13(22-14)17(18,19)20)15(25)24(16(23)26)9-11-4-2-10(8-21)3-5-11/h2-7H,9H2,1H3. The van der Waals surface area contributed by atoms with Crippen molar-refractivity contribution >= 4 is 11.0 Å². The Morgan fingerprint density at radius 3 is 2.35 bits per heavy atom. The number of aromatic nitrogens is 3. The van der Waals surface area contributed by atoms with Gasteiger partial charge in [0.1, 0.15) is 11.3 Å². The highest BCUT2D eigenvalue weighted by molar-refractivity contribution is 5.74. The molecule has 0 unspecified atom stereocenters. The molecule has 0 aliphatic rings. The lowest BCUT2D eigenvalue weighted by Crippen LogP contribution is -2.39. The second kappa shape index (κ2) is 6.15. The minimum Gasteiger partial charge on any atom is -0.280 e. The van der Waals surface area contributed by atoms with Gasteiger partial charge in [0.15, 0.2) is 0 Å². The van der Waals surface area contributed by atoms with Crippen molar-refractivity contribution in [1.82, 2.24) is 14.1 Å². The second-order valence-electron chi connectivity index (χ2n) is 5.61. The Morgan fingerprint density at radius 1 is 1.12 bits per heavy atom. The van der Waals surface area contributed by atoms with Crippen molar-refractivity contribution in [1.29, 1.82) is 5.26 Å². The van der Waals surface area contributed by atoms with Crippen LogP contribution in [0.1, 0.15) is 16.8 Å². The molecular weight excluding hydrogens is 349 g/mol. The molecule has 0 spiro atoms. The van der Waals surface area contributed by atoms with Crippen molar-refractivity contribution in [2.24, 2.45) is 7.05 Å². The van der Waals surface area contributed by atoms with Crippen LogP contribution in [-0.4, -0.2) is 14.1 Å². The van der Waals surface area contributed by atoms with E-state index in [2.05, 4.69) is 4.98 Å². The summed E-state index contributed by atoms with van der Waals surface area (Å²) in [7, 11) is 1.26. The maximum atomic E-state index is 12.8. The molecule has 0 aliphatic carbocycles. The number of nitriles is 1. The minimum atomic E-state index is -4.68. The highest BCUT2D eigenvalue weighted by Gasteiger charge is 2.33. The molecule has 9 heteroatoms. The molecule has 0 fully saturated rings. The highest BCUT2D eigenvalue weighted by atomic mass is 19.4. The maximum absolute atomic E-state index is 12.8. The molecule has 0 aliphatic heterocycles. The summed E-state index contributed by atoms with van der Waals surface area (Å²) in [6, 6.07) is 9.96. The molecule has 6 nitrogen and oxygen atoms in total. The van der Waals surface area contributed by atoms with E-state index in [0.29, 0.717) is 17.2 Å². The summed E-state index contributed by atoms with van der Waals surface area (Å²) < 4.78 is 40.3. The number of nitrogens with zero attached hydrogens (tertiary/aromatic N) is 4. The Labute approximate surface area is 144 Å². The number of fused-ring (bicyclic) bond motifs is 1. The zero-order chi connectivity index (χ0) is 19.1. The lowest BCUT2D eigenvalue weighted by Gasteiger charge is -2.12. The fraction of sp³-hybridized carbons (Fsp3) is 0.176. The molecular formula is C17H11F3N4O2. The van der Waals surface area contributed by atoms with Gasteiger partial charge < -0.3 is 0 Å². The molecule has 26 heavy (non-hydrogen) atoms. The average Bonchev–Trinajstić information content (AvgIpc) is 2.62. The smallest absolute Gasteiger partial charge is 0.280 e. The van der Waals surface area contributed by atoms with Crippen LogP contribution in [0.25, 0.3) is 11.0 Å². The first-order chi connectivity index (χ1) is 12.2. The predicted octanol–water partition coefficient (Wildman–Crippen LogP) is 2.03. The van der Waals surface area contributed by atoms with E-state index >= 15 is 0 Å². The summed E-state index contributed by atoms with van der Waals surface area (Å²) in [5.74, 6) is 0. The predicted molar refractivity (Wildman–Crippen MR) is 86.5 cm³/mol. The highest BCUT2D eigenvalue weighted by Crippen LogP contribution is 2.28.